The fourth-order valence-corrected chi connectivity index (χ4v) is 2.73. The van der Waals surface area contributed by atoms with Gasteiger partial charge in [-0.2, -0.15) is 0 Å². The fraction of sp³-hybridized carbons (Fsp3) is 0.571. The maximum Gasteiger partial charge on any atom is 0.256 e. The van der Waals surface area contributed by atoms with Gasteiger partial charge in [-0.05, 0) is 25.5 Å². The number of nitrogens with one attached hydrogen (secondary N) is 1. The molecule has 1 fully saturated rings. The minimum Gasteiger partial charge on any atom is -0.338 e. The average molecular weight is 265 g/mol. The average Bonchev–Trinajstić information content (AvgIpc) is 2.46. The van der Waals surface area contributed by atoms with E-state index in [9.17, 15) is 9.18 Å². The third-order valence-electron chi connectivity index (χ3n) is 3.92. The zero-order valence-corrected chi connectivity index (χ0v) is 11.4. The molecule has 1 saturated heterocycles. The number of carbonyl (C=O) groups is 1. The number of carbonyl (C=O) groups excluding carboxylic acids is 1. The maximum atomic E-state index is 13.6. The zero-order valence-electron chi connectivity index (χ0n) is 11.4. The second kappa shape index (κ2) is 6.10. The van der Waals surface area contributed by atoms with Gasteiger partial charge in [0.05, 0.1) is 11.8 Å². The Hall–Kier alpha value is -1.49. The summed E-state index contributed by atoms with van der Waals surface area (Å²) < 4.78 is 13.6. The first-order valence-electron chi connectivity index (χ1n) is 6.73. The molecule has 1 N–H and O–H groups in total. The standard InChI is InChI=1S/C14H20FN3O/c1-3-10-9-18(7-5-13(10)16-2)14(19)11-4-6-17-8-12(11)15/h4,6,8,10,13,16H,3,5,7,9H2,1-2H3. The Labute approximate surface area is 113 Å². The van der Waals surface area contributed by atoms with E-state index in [0.29, 0.717) is 25.0 Å². The number of aromatic nitrogens is 1. The lowest BCUT2D eigenvalue weighted by molar-refractivity contribution is 0.0627. The monoisotopic (exact) mass is 265 g/mol. The largest absolute Gasteiger partial charge is 0.338 e. The maximum absolute atomic E-state index is 13.6. The summed E-state index contributed by atoms with van der Waals surface area (Å²) in [7, 11) is 1.95. The molecule has 1 aromatic rings. The molecule has 104 valence electrons. The molecule has 0 spiro atoms. The van der Waals surface area contributed by atoms with E-state index in [0.717, 1.165) is 19.0 Å². The Bertz CT molecular complexity index is 452. The molecule has 1 amide bonds. The van der Waals surface area contributed by atoms with Crippen LogP contribution < -0.4 is 5.32 Å². The normalized spacial score (nSPS) is 23.4. The van der Waals surface area contributed by atoms with E-state index in [1.807, 2.05) is 7.05 Å². The number of halogens is 1. The van der Waals surface area contributed by atoms with Crippen molar-refractivity contribution in [1.82, 2.24) is 15.2 Å². The molecule has 0 aliphatic carbocycles. The summed E-state index contributed by atoms with van der Waals surface area (Å²) in [5.41, 5.74) is 0.118. The highest BCUT2D eigenvalue weighted by molar-refractivity contribution is 5.94. The summed E-state index contributed by atoms with van der Waals surface area (Å²) >= 11 is 0. The van der Waals surface area contributed by atoms with E-state index in [-0.39, 0.29) is 11.5 Å². The minimum atomic E-state index is -0.545. The topological polar surface area (TPSA) is 45.2 Å². The molecular formula is C14H20FN3O. The summed E-state index contributed by atoms with van der Waals surface area (Å²) in [6.45, 7) is 3.47. The van der Waals surface area contributed by atoms with Crippen molar-refractivity contribution in [3.05, 3.63) is 29.8 Å². The summed E-state index contributed by atoms with van der Waals surface area (Å²) in [5.74, 6) is -0.350. The Morgan fingerprint density at radius 1 is 1.63 bits per heavy atom. The van der Waals surface area contributed by atoms with Gasteiger partial charge in [0.2, 0.25) is 0 Å². The SMILES string of the molecule is CCC1CN(C(=O)c2ccncc2F)CCC1NC. The summed E-state index contributed by atoms with van der Waals surface area (Å²) in [4.78, 5) is 17.7. The third-order valence-corrected chi connectivity index (χ3v) is 3.92. The number of hydrogen-bond donors (Lipinski definition) is 1. The molecule has 4 nitrogen and oxygen atoms in total. The van der Waals surface area contributed by atoms with E-state index in [4.69, 9.17) is 0 Å². The molecule has 0 aromatic carbocycles. The van der Waals surface area contributed by atoms with Crippen LogP contribution in [0.2, 0.25) is 0 Å². The molecule has 1 aromatic heterocycles. The molecule has 0 radical (unpaired) electrons. The van der Waals surface area contributed by atoms with Gasteiger partial charge >= 0.3 is 0 Å². The van der Waals surface area contributed by atoms with E-state index in [1.165, 1.54) is 12.3 Å². The fourth-order valence-electron chi connectivity index (χ4n) is 2.73. The van der Waals surface area contributed by atoms with Gasteiger partial charge in [-0.25, -0.2) is 4.39 Å². The van der Waals surface area contributed by atoms with Crippen LogP contribution in [-0.2, 0) is 0 Å². The second-order valence-corrected chi connectivity index (χ2v) is 4.96. The molecule has 0 bridgehead atoms. The van der Waals surface area contributed by atoms with Crippen molar-refractivity contribution in [2.24, 2.45) is 5.92 Å². The van der Waals surface area contributed by atoms with Gasteiger partial charge in [0.1, 0.15) is 0 Å². The number of piperidine rings is 1. The van der Waals surface area contributed by atoms with Gasteiger partial charge in [0.25, 0.3) is 5.91 Å². The number of amides is 1. The predicted octanol–water partition coefficient (Wildman–Crippen LogP) is 1.68. The van der Waals surface area contributed by atoms with Crippen molar-refractivity contribution < 1.29 is 9.18 Å². The van der Waals surface area contributed by atoms with Crippen LogP contribution in [0, 0.1) is 11.7 Å². The highest BCUT2D eigenvalue weighted by Crippen LogP contribution is 2.22. The molecule has 19 heavy (non-hydrogen) atoms. The number of nitrogens with zero attached hydrogens (tertiary/aromatic N) is 2. The smallest absolute Gasteiger partial charge is 0.256 e. The zero-order chi connectivity index (χ0) is 13.8. The van der Waals surface area contributed by atoms with Crippen LogP contribution >= 0.6 is 0 Å². The highest BCUT2D eigenvalue weighted by atomic mass is 19.1. The van der Waals surface area contributed by atoms with Crippen molar-refractivity contribution >= 4 is 5.91 Å². The minimum absolute atomic E-state index is 0.118. The third kappa shape index (κ3) is 2.92. The van der Waals surface area contributed by atoms with Gasteiger partial charge < -0.3 is 10.2 Å². The van der Waals surface area contributed by atoms with Crippen LogP contribution in [0.1, 0.15) is 30.1 Å². The van der Waals surface area contributed by atoms with Crippen molar-refractivity contribution in [2.45, 2.75) is 25.8 Å². The van der Waals surface area contributed by atoms with Crippen LogP contribution in [0.4, 0.5) is 4.39 Å². The lowest BCUT2D eigenvalue weighted by Gasteiger charge is -2.38. The summed E-state index contributed by atoms with van der Waals surface area (Å²) in [5, 5.41) is 3.29. The molecule has 2 unspecified atom stereocenters. The molecule has 5 heteroatoms. The van der Waals surface area contributed by atoms with Crippen molar-refractivity contribution in [3.63, 3.8) is 0 Å². The Kier molecular flexibility index (Phi) is 4.47. The van der Waals surface area contributed by atoms with Crippen LogP contribution in [0.15, 0.2) is 18.5 Å². The molecule has 2 heterocycles. The van der Waals surface area contributed by atoms with E-state index >= 15 is 0 Å². The van der Waals surface area contributed by atoms with E-state index in [1.54, 1.807) is 4.90 Å². The van der Waals surface area contributed by atoms with Crippen LogP contribution in [0.3, 0.4) is 0 Å². The first-order chi connectivity index (χ1) is 9.17. The van der Waals surface area contributed by atoms with Gasteiger partial charge in [-0.15, -0.1) is 0 Å². The second-order valence-electron chi connectivity index (χ2n) is 4.96. The molecule has 1 aliphatic rings. The number of pyridine rings is 1. The Balaban J connectivity index is 2.11. The number of rotatable bonds is 3. The molecule has 0 saturated carbocycles. The lowest BCUT2D eigenvalue weighted by Crippen LogP contribution is -2.50. The van der Waals surface area contributed by atoms with Gasteiger partial charge in [-0.1, -0.05) is 13.3 Å². The molecule has 1 aliphatic heterocycles. The molecule has 2 rings (SSSR count). The van der Waals surface area contributed by atoms with Crippen LogP contribution in [0.5, 0.6) is 0 Å². The number of likely N-dealkylation sites (tertiary alicyclic amines) is 1. The van der Waals surface area contributed by atoms with Gasteiger partial charge in [0.15, 0.2) is 5.82 Å². The van der Waals surface area contributed by atoms with Crippen LogP contribution in [-0.4, -0.2) is 42.0 Å². The van der Waals surface area contributed by atoms with Gasteiger partial charge in [0, 0.05) is 25.3 Å². The molecular weight excluding hydrogens is 245 g/mol. The quantitative estimate of drug-likeness (QED) is 0.904. The highest BCUT2D eigenvalue weighted by Gasteiger charge is 2.30. The Morgan fingerprint density at radius 2 is 2.42 bits per heavy atom. The predicted molar refractivity (Wildman–Crippen MR) is 71.3 cm³/mol. The first kappa shape index (κ1) is 13.9. The van der Waals surface area contributed by atoms with Crippen molar-refractivity contribution in [2.75, 3.05) is 20.1 Å². The van der Waals surface area contributed by atoms with E-state index < -0.39 is 5.82 Å². The lowest BCUT2D eigenvalue weighted by atomic mass is 9.89. The molecule has 2 atom stereocenters. The van der Waals surface area contributed by atoms with Crippen LogP contribution in [0.25, 0.3) is 0 Å². The van der Waals surface area contributed by atoms with Crippen molar-refractivity contribution in [3.8, 4) is 0 Å². The summed E-state index contributed by atoms with van der Waals surface area (Å²) in [6, 6.07) is 1.89. The Morgan fingerprint density at radius 3 is 3.05 bits per heavy atom. The van der Waals surface area contributed by atoms with E-state index in [2.05, 4.69) is 17.2 Å². The first-order valence-corrected chi connectivity index (χ1v) is 6.73. The van der Waals surface area contributed by atoms with Crippen molar-refractivity contribution in [1.29, 1.82) is 0 Å². The van der Waals surface area contributed by atoms with Gasteiger partial charge in [-0.3, -0.25) is 9.78 Å². The number of hydrogen-bond acceptors (Lipinski definition) is 3. The summed E-state index contributed by atoms with van der Waals surface area (Å²) in [6.07, 6.45) is 4.46.